The Balaban J connectivity index is 1.96. The summed E-state index contributed by atoms with van der Waals surface area (Å²) in [4.78, 5) is 4.62. The van der Waals surface area contributed by atoms with Crippen LogP contribution in [0.25, 0.3) is 23.2 Å². The third-order valence-corrected chi connectivity index (χ3v) is 3.67. The molecule has 0 bridgehead atoms. The molecule has 0 spiro atoms. The van der Waals surface area contributed by atoms with Crippen molar-refractivity contribution in [2.45, 2.75) is 0 Å². The van der Waals surface area contributed by atoms with E-state index in [4.69, 9.17) is 16.3 Å². The molecule has 0 atom stereocenters. The smallest absolute Gasteiger partial charge is 0.133 e. The lowest BCUT2D eigenvalue weighted by atomic mass is 10.2. The van der Waals surface area contributed by atoms with Crippen molar-refractivity contribution in [1.29, 1.82) is 0 Å². The first-order valence-corrected chi connectivity index (χ1v) is 6.99. The van der Waals surface area contributed by atoms with E-state index < -0.39 is 0 Å². The summed E-state index contributed by atoms with van der Waals surface area (Å²) in [5.74, 6) is 1.71. The van der Waals surface area contributed by atoms with Gasteiger partial charge in [0.05, 0.1) is 18.1 Å². The number of aryl methyl sites for hydroxylation is 1. The highest BCUT2D eigenvalue weighted by Crippen LogP contribution is 2.22. The first-order valence-electron chi connectivity index (χ1n) is 6.61. The number of hydrogen-bond acceptors (Lipinski definition) is 2. The maximum Gasteiger partial charge on any atom is 0.133 e. The van der Waals surface area contributed by atoms with Gasteiger partial charge in [-0.25, -0.2) is 4.98 Å². The highest BCUT2D eigenvalue weighted by molar-refractivity contribution is 6.30. The van der Waals surface area contributed by atoms with E-state index in [1.165, 1.54) is 0 Å². The largest absolute Gasteiger partial charge is 0.497 e. The Hall–Kier alpha value is -2.26. The van der Waals surface area contributed by atoms with Crippen molar-refractivity contribution in [2.75, 3.05) is 7.11 Å². The predicted molar refractivity (Wildman–Crippen MR) is 87.6 cm³/mol. The number of rotatable bonds is 3. The van der Waals surface area contributed by atoms with Crippen LogP contribution in [0.15, 0.2) is 42.5 Å². The van der Waals surface area contributed by atoms with Gasteiger partial charge in [0.2, 0.25) is 0 Å². The van der Waals surface area contributed by atoms with Gasteiger partial charge in [-0.3, -0.25) is 0 Å². The van der Waals surface area contributed by atoms with Crippen molar-refractivity contribution in [1.82, 2.24) is 9.55 Å². The molecule has 3 nitrogen and oxygen atoms in total. The molecule has 0 aliphatic rings. The molecule has 3 rings (SSSR count). The summed E-state index contributed by atoms with van der Waals surface area (Å²) in [6, 6.07) is 13.6. The van der Waals surface area contributed by atoms with Crippen LogP contribution >= 0.6 is 11.6 Å². The zero-order valence-electron chi connectivity index (χ0n) is 11.9. The summed E-state index contributed by atoms with van der Waals surface area (Å²) < 4.78 is 7.29. The average molecular weight is 299 g/mol. The lowest BCUT2D eigenvalue weighted by Crippen LogP contribution is -1.90. The monoisotopic (exact) mass is 298 g/mol. The summed E-state index contributed by atoms with van der Waals surface area (Å²) in [7, 11) is 3.66. The molecule has 0 amide bonds. The first kappa shape index (κ1) is 13.7. The zero-order valence-corrected chi connectivity index (χ0v) is 12.6. The molecule has 1 aromatic heterocycles. The number of nitrogens with zero attached hydrogens (tertiary/aromatic N) is 2. The van der Waals surface area contributed by atoms with Gasteiger partial charge in [-0.05, 0) is 35.9 Å². The number of imidazole rings is 1. The van der Waals surface area contributed by atoms with E-state index in [9.17, 15) is 0 Å². The maximum absolute atomic E-state index is 5.88. The van der Waals surface area contributed by atoms with Crippen molar-refractivity contribution in [3.63, 3.8) is 0 Å². The number of methoxy groups -OCH3 is 1. The normalized spacial score (nSPS) is 11.4. The van der Waals surface area contributed by atoms with Crippen LogP contribution in [0.1, 0.15) is 11.4 Å². The molecule has 4 heteroatoms. The highest BCUT2D eigenvalue weighted by atomic mass is 35.5. The average Bonchev–Trinajstić information content (AvgIpc) is 2.82. The fourth-order valence-corrected chi connectivity index (χ4v) is 2.34. The van der Waals surface area contributed by atoms with Gasteiger partial charge in [0.15, 0.2) is 0 Å². The van der Waals surface area contributed by atoms with Gasteiger partial charge in [0.1, 0.15) is 11.6 Å². The standard InChI is InChI=1S/C17H15ClN2O/c1-20-16-9-8-14(21-2)11-15(16)19-17(20)10-5-12-3-6-13(18)7-4-12/h3-11H,1-2H3/b10-5+. The second-order valence-electron chi connectivity index (χ2n) is 4.77. The van der Waals surface area contributed by atoms with Gasteiger partial charge in [-0.2, -0.15) is 0 Å². The van der Waals surface area contributed by atoms with Gasteiger partial charge < -0.3 is 9.30 Å². The summed E-state index contributed by atoms with van der Waals surface area (Å²) in [6.07, 6.45) is 4.02. The Labute approximate surface area is 128 Å². The van der Waals surface area contributed by atoms with Crippen LogP contribution in [0.3, 0.4) is 0 Å². The summed E-state index contributed by atoms with van der Waals surface area (Å²) >= 11 is 5.88. The van der Waals surface area contributed by atoms with Crippen LogP contribution in [0.4, 0.5) is 0 Å². The van der Waals surface area contributed by atoms with E-state index >= 15 is 0 Å². The van der Waals surface area contributed by atoms with E-state index in [2.05, 4.69) is 9.55 Å². The number of halogens is 1. The molecule has 0 aliphatic heterocycles. The third kappa shape index (κ3) is 2.78. The van der Waals surface area contributed by atoms with Crippen LogP contribution in [0.5, 0.6) is 5.75 Å². The molecule has 0 saturated carbocycles. The fraction of sp³-hybridized carbons (Fsp3) is 0.118. The first-order chi connectivity index (χ1) is 10.2. The minimum Gasteiger partial charge on any atom is -0.497 e. The van der Waals surface area contributed by atoms with E-state index in [0.717, 1.165) is 33.2 Å². The number of hydrogen-bond donors (Lipinski definition) is 0. The van der Waals surface area contributed by atoms with E-state index in [1.54, 1.807) is 7.11 Å². The molecule has 0 saturated heterocycles. The molecule has 0 aliphatic carbocycles. The van der Waals surface area contributed by atoms with E-state index in [1.807, 2.05) is 61.7 Å². The molecular weight excluding hydrogens is 284 g/mol. The lowest BCUT2D eigenvalue weighted by Gasteiger charge is -1.99. The SMILES string of the molecule is COc1ccc2c(c1)nc(/C=C/c1ccc(Cl)cc1)n2C. The Bertz CT molecular complexity index is 804. The second-order valence-corrected chi connectivity index (χ2v) is 5.20. The van der Waals surface area contributed by atoms with Crippen molar-refractivity contribution >= 4 is 34.8 Å². The van der Waals surface area contributed by atoms with Gasteiger partial charge in [-0.15, -0.1) is 0 Å². The zero-order chi connectivity index (χ0) is 14.8. The summed E-state index contributed by atoms with van der Waals surface area (Å²) in [5.41, 5.74) is 3.09. The van der Waals surface area contributed by atoms with Gasteiger partial charge in [0, 0.05) is 18.1 Å². The van der Waals surface area contributed by atoms with Crippen molar-refractivity contribution < 1.29 is 4.74 Å². The molecule has 0 radical (unpaired) electrons. The number of fused-ring (bicyclic) bond motifs is 1. The minimum atomic E-state index is 0.738. The lowest BCUT2D eigenvalue weighted by molar-refractivity contribution is 0.415. The molecule has 0 unspecified atom stereocenters. The number of benzene rings is 2. The van der Waals surface area contributed by atoms with Gasteiger partial charge >= 0.3 is 0 Å². The van der Waals surface area contributed by atoms with Crippen molar-refractivity contribution in [2.24, 2.45) is 7.05 Å². The Kier molecular flexibility index (Phi) is 3.67. The highest BCUT2D eigenvalue weighted by Gasteiger charge is 2.06. The second kappa shape index (κ2) is 5.62. The Morgan fingerprint density at radius 1 is 1.10 bits per heavy atom. The molecule has 0 fully saturated rings. The van der Waals surface area contributed by atoms with Gasteiger partial charge in [0.25, 0.3) is 0 Å². The molecule has 106 valence electrons. The van der Waals surface area contributed by atoms with Crippen molar-refractivity contribution in [3.8, 4) is 5.75 Å². The Morgan fingerprint density at radius 2 is 1.86 bits per heavy atom. The predicted octanol–water partition coefficient (Wildman–Crippen LogP) is 4.41. The minimum absolute atomic E-state index is 0.738. The topological polar surface area (TPSA) is 27.1 Å². The molecular formula is C17H15ClN2O. The third-order valence-electron chi connectivity index (χ3n) is 3.42. The van der Waals surface area contributed by atoms with Crippen molar-refractivity contribution in [3.05, 3.63) is 58.9 Å². The van der Waals surface area contributed by atoms with E-state index in [-0.39, 0.29) is 0 Å². The van der Waals surface area contributed by atoms with Crippen LogP contribution in [0.2, 0.25) is 5.02 Å². The van der Waals surface area contributed by atoms with Crippen LogP contribution < -0.4 is 4.74 Å². The maximum atomic E-state index is 5.88. The molecule has 21 heavy (non-hydrogen) atoms. The van der Waals surface area contributed by atoms with Crippen LogP contribution in [-0.2, 0) is 7.05 Å². The van der Waals surface area contributed by atoms with Gasteiger partial charge in [-0.1, -0.05) is 29.8 Å². The number of aromatic nitrogens is 2. The van der Waals surface area contributed by atoms with Crippen LogP contribution in [-0.4, -0.2) is 16.7 Å². The fourth-order valence-electron chi connectivity index (χ4n) is 2.22. The summed E-state index contributed by atoms with van der Waals surface area (Å²) in [5, 5.41) is 0.738. The van der Waals surface area contributed by atoms with Crippen LogP contribution in [0, 0.1) is 0 Å². The molecule has 0 N–H and O–H groups in total. The van der Waals surface area contributed by atoms with E-state index in [0.29, 0.717) is 0 Å². The molecule has 3 aromatic rings. The molecule has 1 heterocycles. The summed E-state index contributed by atoms with van der Waals surface area (Å²) in [6.45, 7) is 0. The Morgan fingerprint density at radius 3 is 2.57 bits per heavy atom. The molecule has 2 aromatic carbocycles. The quantitative estimate of drug-likeness (QED) is 0.716. The number of ether oxygens (including phenoxy) is 1.